The van der Waals surface area contributed by atoms with Crippen LogP contribution in [0.3, 0.4) is 0 Å². The summed E-state index contributed by atoms with van der Waals surface area (Å²) >= 11 is 0. The highest BCUT2D eigenvalue weighted by Gasteiger charge is 2.58. The number of anilines is 1. The number of ether oxygens (including phenoxy) is 4. The van der Waals surface area contributed by atoms with Gasteiger partial charge in [-0.15, -0.1) is 0 Å². The molecule has 1 aromatic heterocycles. The maximum atomic E-state index is 11.1. The summed E-state index contributed by atoms with van der Waals surface area (Å²) in [5, 5.41) is 0. The third kappa shape index (κ3) is 3.62. The van der Waals surface area contributed by atoms with Gasteiger partial charge in [0.05, 0.1) is 7.05 Å². The Labute approximate surface area is 151 Å². The van der Waals surface area contributed by atoms with Crippen molar-refractivity contribution < 1.29 is 52.3 Å². The zero-order valence-corrected chi connectivity index (χ0v) is 15.7. The van der Waals surface area contributed by atoms with Crippen LogP contribution < -0.4 is 34.3 Å². The summed E-state index contributed by atoms with van der Waals surface area (Å²) < 4.78 is 26.6. The Bertz CT molecular complexity index is 591. The Balaban J connectivity index is 0.00000192. The second kappa shape index (κ2) is 6.54. The van der Waals surface area contributed by atoms with Gasteiger partial charge in [0.2, 0.25) is 18.4 Å². The zero-order chi connectivity index (χ0) is 16.1. The van der Waals surface area contributed by atoms with Crippen LogP contribution in [0, 0.1) is 0 Å². The molecule has 3 heterocycles. The van der Waals surface area contributed by atoms with Crippen molar-refractivity contribution in [1.29, 1.82) is 0 Å². The first-order valence-electron chi connectivity index (χ1n) is 7.24. The molecule has 0 spiro atoms. The molecule has 0 amide bonds. The van der Waals surface area contributed by atoms with Gasteiger partial charge in [0, 0.05) is 6.92 Å². The van der Waals surface area contributed by atoms with Crippen LogP contribution in [0.1, 0.15) is 27.0 Å². The SMILES string of the molecule is CC(=O)OC[C@H]1O[C@@H](n2c[n+](C)cc2N)[C@@H]2OC(C)(C)O[C@@H]21.[I-]. The van der Waals surface area contributed by atoms with Crippen LogP contribution >= 0.6 is 0 Å². The number of hydrogen-bond donors (Lipinski definition) is 1. The largest absolute Gasteiger partial charge is 1.00 e. The number of imidazole rings is 1. The van der Waals surface area contributed by atoms with E-state index in [-0.39, 0.29) is 48.8 Å². The van der Waals surface area contributed by atoms with Crippen molar-refractivity contribution in [3.05, 3.63) is 12.5 Å². The number of nitrogens with two attached hydrogens (primary N) is 1. The minimum Gasteiger partial charge on any atom is -1.00 e. The van der Waals surface area contributed by atoms with E-state index in [1.54, 1.807) is 10.8 Å². The van der Waals surface area contributed by atoms with Gasteiger partial charge in [0.15, 0.2) is 18.1 Å². The molecule has 2 aliphatic rings. The number of nitrogens with zero attached hydrogens (tertiary/aromatic N) is 2. The number of carbonyl (C=O) groups is 1. The fraction of sp³-hybridized carbons (Fsp3) is 0.714. The number of aromatic nitrogens is 2. The number of hydrogen-bond acceptors (Lipinski definition) is 6. The fourth-order valence-electron chi connectivity index (χ4n) is 3.00. The highest BCUT2D eigenvalue weighted by atomic mass is 127. The Morgan fingerprint density at radius 1 is 1.43 bits per heavy atom. The summed E-state index contributed by atoms with van der Waals surface area (Å²) in [6.07, 6.45) is 2.18. The van der Waals surface area contributed by atoms with E-state index in [1.165, 1.54) is 6.92 Å². The Hall–Kier alpha value is -0.910. The van der Waals surface area contributed by atoms with Crippen molar-refractivity contribution in [1.82, 2.24) is 4.57 Å². The normalized spacial score (nSPS) is 31.5. The van der Waals surface area contributed by atoms with Crippen LogP contribution in [0.2, 0.25) is 0 Å². The number of fused-ring (bicyclic) bond motifs is 1. The molecule has 0 aliphatic carbocycles. The smallest absolute Gasteiger partial charge is 0.302 e. The molecule has 130 valence electrons. The summed E-state index contributed by atoms with van der Waals surface area (Å²) in [5.41, 5.74) is 6.02. The maximum absolute atomic E-state index is 11.1. The van der Waals surface area contributed by atoms with Gasteiger partial charge in [-0.2, -0.15) is 4.57 Å². The minimum atomic E-state index is -0.712. The average Bonchev–Trinajstić information content (AvgIpc) is 2.98. The minimum absolute atomic E-state index is 0. The molecule has 0 saturated carbocycles. The molecule has 23 heavy (non-hydrogen) atoms. The van der Waals surface area contributed by atoms with Crippen LogP contribution in [0.5, 0.6) is 0 Å². The number of carbonyl (C=O) groups excluding carboxylic acids is 1. The van der Waals surface area contributed by atoms with Gasteiger partial charge in [0.25, 0.3) is 0 Å². The van der Waals surface area contributed by atoms with Gasteiger partial charge in [-0.05, 0) is 13.8 Å². The van der Waals surface area contributed by atoms with Gasteiger partial charge in [-0.3, -0.25) is 4.79 Å². The molecule has 0 radical (unpaired) electrons. The predicted molar refractivity (Wildman–Crippen MR) is 74.4 cm³/mol. The van der Waals surface area contributed by atoms with Crippen LogP contribution in [0.25, 0.3) is 0 Å². The van der Waals surface area contributed by atoms with Gasteiger partial charge in [-0.1, -0.05) is 0 Å². The fourth-order valence-corrected chi connectivity index (χ4v) is 3.00. The molecular weight excluding hydrogens is 417 g/mol. The summed E-state index contributed by atoms with van der Waals surface area (Å²) in [6.45, 7) is 5.19. The van der Waals surface area contributed by atoms with E-state index in [4.69, 9.17) is 24.7 Å². The van der Waals surface area contributed by atoms with Gasteiger partial charge in [0.1, 0.15) is 18.8 Å². The topological polar surface area (TPSA) is 88.8 Å². The molecule has 2 aliphatic heterocycles. The molecule has 3 rings (SSSR count). The Morgan fingerprint density at radius 2 is 2.09 bits per heavy atom. The van der Waals surface area contributed by atoms with Crippen LogP contribution in [0.15, 0.2) is 12.5 Å². The molecule has 8 nitrogen and oxygen atoms in total. The van der Waals surface area contributed by atoms with Crippen LogP contribution in [0.4, 0.5) is 5.82 Å². The number of nitrogen functional groups attached to an aromatic ring is 1. The van der Waals surface area contributed by atoms with E-state index in [2.05, 4.69) is 0 Å². The average molecular weight is 439 g/mol. The molecule has 2 fully saturated rings. The second-order valence-electron chi connectivity index (χ2n) is 6.17. The molecule has 9 heteroatoms. The quantitative estimate of drug-likeness (QED) is 0.305. The summed E-state index contributed by atoms with van der Waals surface area (Å²) in [6, 6.07) is 0. The molecule has 0 aromatic carbocycles. The number of rotatable bonds is 3. The van der Waals surface area contributed by atoms with Crippen molar-refractivity contribution in [2.24, 2.45) is 7.05 Å². The van der Waals surface area contributed by atoms with Crippen molar-refractivity contribution >= 4 is 11.8 Å². The van der Waals surface area contributed by atoms with E-state index in [0.29, 0.717) is 5.82 Å². The lowest BCUT2D eigenvalue weighted by molar-refractivity contribution is -0.671. The molecule has 2 saturated heterocycles. The third-order valence-electron chi connectivity index (χ3n) is 3.79. The molecule has 0 bridgehead atoms. The van der Waals surface area contributed by atoms with Gasteiger partial charge in [-0.25, -0.2) is 4.57 Å². The van der Waals surface area contributed by atoms with Gasteiger partial charge < -0.3 is 48.7 Å². The lowest BCUT2D eigenvalue weighted by Gasteiger charge is -2.23. The molecule has 4 atom stereocenters. The van der Waals surface area contributed by atoms with Crippen molar-refractivity contribution in [3.8, 4) is 0 Å². The summed E-state index contributed by atoms with van der Waals surface area (Å²) in [7, 11) is 1.88. The first-order valence-corrected chi connectivity index (χ1v) is 7.24. The van der Waals surface area contributed by atoms with Crippen LogP contribution in [-0.4, -0.2) is 41.2 Å². The first-order chi connectivity index (χ1) is 10.3. The van der Waals surface area contributed by atoms with E-state index >= 15 is 0 Å². The third-order valence-corrected chi connectivity index (χ3v) is 3.79. The van der Waals surface area contributed by atoms with Crippen molar-refractivity contribution in [2.45, 2.75) is 51.1 Å². The number of aryl methyl sites for hydroxylation is 1. The summed E-state index contributed by atoms with van der Waals surface area (Å²) in [4.78, 5) is 11.1. The van der Waals surface area contributed by atoms with Gasteiger partial charge >= 0.3 is 5.97 Å². The number of esters is 1. The van der Waals surface area contributed by atoms with E-state index in [1.807, 2.05) is 31.8 Å². The second-order valence-corrected chi connectivity index (χ2v) is 6.17. The molecule has 1 aromatic rings. The Morgan fingerprint density at radius 3 is 2.65 bits per heavy atom. The molecule has 0 unspecified atom stereocenters. The van der Waals surface area contributed by atoms with Crippen molar-refractivity contribution in [2.75, 3.05) is 12.3 Å². The molecular formula is C14H22IN3O5. The predicted octanol–water partition coefficient (Wildman–Crippen LogP) is -3.12. The monoisotopic (exact) mass is 439 g/mol. The van der Waals surface area contributed by atoms with E-state index < -0.39 is 18.1 Å². The standard InChI is InChI=1S/C14H22N3O5.HI/c1-8(18)19-6-9-11-12(22-14(2,3)21-11)13(20-9)17-7-16(4)5-10(17)15;/h5,7,9,11-13H,6,15H2,1-4H3;1H/q+1;/p-1/t9-,11-,12-,13-;/m1./s1. The lowest BCUT2D eigenvalue weighted by atomic mass is 10.1. The summed E-state index contributed by atoms with van der Waals surface area (Å²) in [5.74, 6) is -0.503. The van der Waals surface area contributed by atoms with Crippen LogP contribution in [-0.2, 0) is 30.8 Å². The van der Waals surface area contributed by atoms with E-state index in [9.17, 15) is 4.79 Å². The first kappa shape index (κ1) is 18.4. The van der Waals surface area contributed by atoms with Crippen molar-refractivity contribution in [3.63, 3.8) is 0 Å². The number of halogens is 1. The maximum Gasteiger partial charge on any atom is 0.302 e. The molecule has 2 N–H and O–H groups in total. The highest BCUT2D eigenvalue weighted by Crippen LogP contribution is 2.43. The Kier molecular flexibility index (Phi) is 5.24. The van der Waals surface area contributed by atoms with E-state index in [0.717, 1.165) is 0 Å². The lowest BCUT2D eigenvalue weighted by Crippen LogP contribution is -3.00. The zero-order valence-electron chi connectivity index (χ0n) is 13.6. The highest BCUT2D eigenvalue weighted by molar-refractivity contribution is 5.65.